The third-order valence-electron chi connectivity index (χ3n) is 6.61. The number of fused-ring (bicyclic) bond motifs is 2. The molecule has 162 valence electrons. The zero-order valence-corrected chi connectivity index (χ0v) is 18.1. The van der Waals surface area contributed by atoms with Crippen LogP contribution in [0.4, 0.5) is 4.79 Å². The van der Waals surface area contributed by atoms with Gasteiger partial charge in [-0.2, -0.15) is 5.10 Å². The van der Waals surface area contributed by atoms with E-state index in [0.29, 0.717) is 19.7 Å². The van der Waals surface area contributed by atoms with Crippen molar-refractivity contribution in [1.29, 1.82) is 0 Å². The number of hydrogen-bond donors (Lipinski definition) is 1. The Kier molecular flexibility index (Phi) is 5.06. The van der Waals surface area contributed by atoms with Crippen molar-refractivity contribution in [3.63, 3.8) is 0 Å². The van der Waals surface area contributed by atoms with Gasteiger partial charge in [0.15, 0.2) is 0 Å². The molecule has 2 amide bonds. The van der Waals surface area contributed by atoms with Crippen molar-refractivity contribution in [3.05, 3.63) is 53.9 Å². The second-order valence-corrected chi connectivity index (χ2v) is 8.44. The summed E-state index contributed by atoms with van der Waals surface area (Å²) < 4.78 is 8.52. The van der Waals surface area contributed by atoms with Gasteiger partial charge in [0.25, 0.3) is 0 Å². The number of nitrogens with zero attached hydrogens (tertiary/aromatic N) is 3. The van der Waals surface area contributed by atoms with Crippen LogP contribution in [0.3, 0.4) is 0 Å². The summed E-state index contributed by atoms with van der Waals surface area (Å²) in [5.74, 6) is 0.972. The van der Waals surface area contributed by atoms with E-state index in [4.69, 9.17) is 9.57 Å². The van der Waals surface area contributed by atoms with Crippen LogP contribution in [0.15, 0.2) is 42.6 Å². The number of hydroxylamine groups is 1. The third-order valence-corrected chi connectivity index (χ3v) is 6.61. The van der Waals surface area contributed by atoms with Gasteiger partial charge < -0.3 is 9.64 Å². The normalized spacial score (nSPS) is 17.4. The van der Waals surface area contributed by atoms with Gasteiger partial charge in [0.2, 0.25) is 0 Å². The number of nitrogens with one attached hydrogen (secondary N) is 1. The number of aromatic nitrogens is 2. The SMILES string of the molecule is CCONC(=O)N1CCC2(CCc3cc(-c4ccc5ccnn5c4C)ccc3O2)CC1. The first-order chi connectivity index (χ1) is 15.1. The first-order valence-corrected chi connectivity index (χ1v) is 11.0. The molecule has 2 aromatic heterocycles. The molecule has 1 aromatic carbocycles. The van der Waals surface area contributed by atoms with Crippen molar-refractivity contribution in [2.75, 3.05) is 19.7 Å². The van der Waals surface area contributed by atoms with Gasteiger partial charge in [-0.15, -0.1) is 0 Å². The van der Waals surface area contributed by atoms with E-state index in [9.17, 15) is 4.79 Å². The first kappa shape index (κ1) is 19.9. The Bertz CT molecular complexity index is 1120. The Balaban J connectivity index is 1.32. The van der Waals surface area contributed by atoms with E-state index in [1.165, 1.54) is 16.7 Å². The Labute approximate surface area is 181 Å². The van der Waals surface area contributed by atoms with Crippen LogP contribution in [-0.2, 0) is 11.3 Å². The zero-order chi connectivity index (χ0) is 21.4. The number of carbonyl (C=O) groups excluding carboxylic acids is 1. The number of urea groups is 1. The number of hydrogen-bond acceptors (Lipinski definition) is 4. The molecule has 0 radical (unpaired) electrons. The van der Waals surface area contributed by atoms with Crippen LogP contribution in [0.1, 0.15) is 37.4 Å². The van der Waals surface area contributed by atoms with Gasteiger partial charge in [0.05, 0.1) is 12.1 Å². The smallest absolute Gasteiger partial charge is 0.341 e. The Hall–Kier alpha value is -3.06. The highest BCUT2D eigenvalue weighted by molar-refractivity contribution is 5.73. The summed E-state index contributed by atoms with van der Waals surface area (Å²) in [6.07, 6.45) is 5.46. The maximum atomic E-state index is 12.1. The lowest BCUT2D eigenvalue weighted by atomic mass is 9.82. The van der Waals surface area contributed by atoms with E-state index < -0.39 is 0 Å². The molecule has 2 aliphatic rings. The molecule has 1 N–H and O–H groups in total. The highest BCUT2D eigenvalue weighted by Crippen LogP contribution is 2.41. The minimum Gasteiger partial charge on any atom is -0.487 e. The maximum absolute atomic E-state index is 12.1. The minimum absolute atomic E-state index is 0.165. The lowest BCUT2D eigenvalue weighted by Gasteiger charge is -2.44. The van der Waals surface area contributed by atoms with Crippen LogP contribution in [-0.4, -0.2) is 45.8 Å². The Morgan fingerprint density at radius 1 is 1.19 bits per heavy atom. The molecule has 5 rings (SSSR count). The number of aryl methyl sites for hydroxylation is 2. The Morgan fingerprint density at radius 2 is 2.03 bits per heavy atom. The van der Waals surface area contributed by atoms with E-state index in [-0.39, 0.29) is 11.6 Å². The van der Waals surface area contributed by atoms with Crippen molar-refractivity contribution in [2.24, 2.45) is 0 Å². The summed E-state index contributed by atoms with van der Waals surface area (Å²) in [6, 6.07) is 12.6. The zero-order valence-electron chi connectivity index (χ0n) is 18.1. The van der Waals surface area contributed by atoms with Gasteiger partial charge in [0.1, 0.15) is 11.4 Å². The Morgan fingerprint density at radius 3 is 2.84 bits per heavy atom. The monoisotopic (exact) mass is 420 g/mol. The van der Waals surface area contributed by atoms with Crippen molar-refractivity contribution >= 4 is 11.5 Å². The molecule has 7 nitrogen and oxygen atoms in total. The van der Waals surface area contributed by atoms with Crippen molar-refractivity contribution < 1.29 is 14.4 Å². The van der Waals surface area contributed by atoms with Crippen molar-refractivity contribution in [2.45, 2.75) is 45.1 Å². The number of likely N-dealkylation sites (tertiary alicyclic amines) is 1. The maximum Gasteiger partial charge on any atom is 0.341 e. The van der Waals surface area contributed by atoms with Gasteiger partial charge in [-0.05, 0) is 62.1 Å². The molecule has 0 unspecified atom stereocenters. The third kappa shape index (κ3) is 3.63. The highest BCUT2D eigenvalue weighted by atomic mass is 16.7. The molecule has 0 bridgehead atoms. The fraction of sp³-hybridized carbons (Fsp3) is 0.417. The average molecular weight is 421 g/mol. The summed E-state index contributed by atoms with van der Waals surface area (Å²) in [5, 5.41) is 4.44. The topological polar surface area (TPSA) is 68.1 Å². The van der Waals surface area contributed by atoms with Gasteiger partial charge in [-0.25, -0.2) is 14.8 Å². The summed E-state index contributed by atoms with van der Waals surface area (Å²) in [7, 11) is 0. The van der Waals surface area contributed by atoms with Crippen LogP contribution >= 0.6 is 0 Å². The number of ether oxygens (including phenoxy) is 1. The van der Waals surface area contributed by atoms with Crippen LogP contribution < -0.4 is 10.2 Å². The van der Waals surface area contributed by atoms with Gasteiger partial charge >= 0.3 is 6.03 Å². The number of rotatable bonds is 3. The van der Waals surface area contributed by atoms with E-state index in [0.717, 1.165) is 42.6 Å². The van der Waals surface area contributed by atoms with Crippen molar-refractivity contribution in [1.82, 2.24) is 20.0 Å². The number of pyridine rings is 1. The summed E-state index contributed by atoms with van der Waals surface area (Å²) in [5.41, 5.74) is 8.17. The fourth-order valence-corrected chi connectivity index (χ4v) is 4.79. The molecular weight excluding hydrogens is 392 g/mol. The molecule has 1 saturated heterocycles. The molecule has 2 aliphatic heterocycles. The quantitative estimate of drug-likeness (QED) is 0.647. The van der Waals surface area contributed by atoms with E-state index in [2.05, 4.69) is 47.8 Å². The van der Waals surface area contributed by atoms with Crippen LogP contribution in [0, 0.1) is 6.92 Å². The molecule has 0 atom stereocenters. The lowest BCUT2D eigenvalue weighted by molar-refractivity contribution is -0.0131. The van der Waals surface area contributed by atoms with E-state index in [1.807, 2.05) is 23.7 Å². The minimum atomic E-state index is -0.180. The van der Waals surface area contributed by atoms with E-state index in [1.54, 1.807) is 4.90 Å². The van der Waals surface area contributed by atoms with Crippen molar-refractivity contribution in [3.8, 4) is 16.9 Å². The van der Waals surface area contributed by atoms with Crippen LogP contribution in [0.5, 0.6) is 5.75 Å². The molecule has 1 spiro atoms. The predicted octanol–water partition coefficient (Wildman–Crippen LogP) is 4.13. The van der Waals surface area contributed by atoms with Crippen LogP contribution in [0.25, 0.3) is 16.6 Å². The standard InChI is InChI=1S/C24H28N4O3/c1-3-30-26-23(29)27-14-11-24(12-15-27)10-8-19-16-18(4-7-22(19)31-24)21-6-5-20-9-13-25-28(20)17(21)2/h4-7,9,13,16H,3,8,10-12,14-15H2,1-2H3,(H,26,29). The van der Waals surface area contributed by atoms with E-state index >= 15 is 0 Å². The number of amides is 2. The summed E-state index contributed by atoms with van der Waals surface area (Å²) in [6.45, 7) is 5.77. The van der Waals surface area contributed by atoms with Crippen LogP contribution in [0.2, 0.25) is 0 Å². The highest BCUT2D eigenvalue weighted by Gasteiger charge is 2.40. The number of piperidine rings is 1. The molecule has 0 aliphatic carbocycles. The molecule has 3 aromatic rings. The number of benzene rings is 1. The summed E-state index contributed by atoms with van der Waals surface area (Å²) >= 11 is 0. The molecule has 1 fully saturated rings. The average Bonchev–Trinajstić information content (AvgIpc) is 3.28. The largest absolute Gasteiger partial charge is 0.487 e. The lowest BCUT2D eigenvalue weighted by Crippen LogP contribution is -2.53. The molecule has 4 heterocycles. The molecule has 31 heavy (non-hydrogen) atoms. The van der Waals surface area contributed by atoms with Gasteiger partial charge in [-0.1, -0.05) is 12.1 Å². The van der Waals surface area contributed by atoms with Gasteiger partial charge in [-0.3, -0.25) is 4.84 Å². The first-order valence-electron chi connectivity index (χ1n) is 11.0. The van der Waals surface area contributed by atoms with Gasteiger partial charge in [0, 0.05) is 43.4 Å². The number of carbonyl (C=O) groups is 1. The fourth-order valence-electron chi connectivity index (χ4n) is 4.79. The summed E-state index contributed by atoms with van der Waals surface area (Å²) in [4.78, 5) is 19.0. The predicted molar refractivity (Wildman–Crippen MR) is 118 cm³/mol. The second-order valence-electron chi connectivity index (χ2n) is 8.44. The molecule has 0 saturated carbocycles. The molecular formula is C24H28N4O3. The second kappa shape index (κ2) is 7.89. The molecule has 7 heteroatoms.